The topological polar surface area (TPSA) is 68.3 Å². The smallest absolute Gasteiger partial charge is 0.415 e. The number of aryl methyl sites for hydroxylation is 2. The fraction of sp³-hybridized carbons (Fsp3) is 0.310. The van der Waals surface area contributed by atoms with Crippen molar-refractivity contribution in [1.29, 1.82) is 0 Å². The molecule has 2 fully saturated rings. The molecule has 1 unspecified atom stereocenters. The molecule has 0 aliphatic carbocycles. The molecule has 0 N–H and O–H groups in total. The van der Waals surface area contributed by atoms with E-state index in [0.717, 1.165) is 16.8 Å². The third-order valence-electron chi connectivity index (χ3n) is 6.66. The highest BCUT2D eigenvalue weighted by Gasteiger charge is 2.33. The molecule has 0 radical (unpaired) electrons. The number of cyclic esters (lactones) is 1. The van der Waals surface area contributed by atoms with Gasteiger partial charge in [-0.25, -0.2) is 4.79 Å². The maximum atomic E-state index is 12.6. The summed E-state index contributed by atoms with van der Waals surface area (Å²) in [6, 6.07) is 21.8. The van der Waals surface area contributed by atoms with Crippen molar-refractivity contribution >= 4 is 17.7 Å². The lowest BCUT2D eigenvalue weighted by molar-refractivity contribution is -0.137. The molecule has 1 atom stereocenters. The average Bonchev–Trinajstić information content (AvgIpc) is 3.30. The van der Waals surface area contributed by atoms with Crippen molar-refractivity contribution in [2.75, 3.05) is 44.4 Å². The zero-order valence-electron chi connectivity index (χ0n) is 20.6. The summed E-state index contributed by atoms with van der Waals surface area (Å²) in [5.74, 6) is 0.551. The van der Waals surface area contributed by atoms with Gasteiger partial charge in [0, 0.05) is 18.8 Å². The quantitative estimate of drug-likeness (QED) is 0.496. The van der Waals surface area contributed by atoms with E-state index >= 15 is 0 Å². The fourth-order valence-corrected chi connectivity index (χ4v) is 4.63. The van der Waals surface area contributed by atoms with Crippen LogP contribution < -0.4 is 9.64 Å². The number of ether oxygens (including phenoxy) is 3. The summed E-state index contributed by atoms with van der Waals surface area (Å²) in [5.41, 5.74) is 6.44. The van der Waals surface area contributed by atoms with Crippen LogP contribution in [-0.2, 0) is 14.3 Å². The van der Waals surface area contributed by atoms with E-state index in [4.69, 9.17) is 14.2 Å². The molecule has 2 heterocycles. The van der Waals surface area contributed by atoms with Crippen molar-refractivity contribution in [3.63, 3.8) is 0 Å². The van der Waals surface area contributed by atoms with Gasteiger partial charge in [-0.1, -0.05) is 48.0 Å². The summed E-state index contributed by atoms with van der Waals surface area (Å²) in [4.78, 5) is 28.3. The number of hydrogen-bond acceptors (Lipinski definition) is 5. The Hall–Kier alpha value is -3.84. The SMILES string of the molecule is Cc1ccc(-c2ccc(N3CC(c4ccc(OCC(=O)N5CCOCC5)cc4)OC3=O)cc2)c(C)c1. The minimum atomic E-state index is -0.374. The van der Waals surface area contributed by atoms with Crippen LogP contribution in [-0.4, -0.2) is 56.4 Å². The highest BCUT2D eigenvalue weighted by Crippen LogP contribution is 2.33. The average molecular weight is 487 g/mol. The number of carbonyl (C=O) groups excluding carboxylic acids is 2. The molecular formula is C29H30N2O5. The lowest BCUT2D eigenvalue weighted by Crippen LogP contribution is -2.42. The van der Waals surface area contributed by atoms with Gasteiger partial charge in [0.1, 0.15) is 11.9 Å². The molecule has 2 saturated heterocycles. The third kappa shape index (κ3) is 5.21. The predicted octanol–water partition coefficient (Wildman–Crippen LogP) is 4.91. The summed E-state index contributed by atoms with van der Waals surface area (Å²) in [6.45, 7) is 6.93. The second-order valence-corrected chi connectivity index (χ2v) is 9.20. The van der Waals surface area contributed by atoms with Gasteiger partial charge in [0.05, 0.1) is 19.8 Å². The van der Waals surface area contributed by atoms with E-state index in [-0.39, 0.29) is 24.7 Å². The zero-order valence-corrected chi connectivity index (χ0v) is 20.6. The Kier molecular flexibility index (Phi) is 6.91. The summed E-state index contributed by atoms with van der Waals surface area (Å²) < 4.78 is 16.6. The van der Waals surface area contributed by atoms with E-state index in [1.54, 1.807) is 21.9 Å². The van der Waals surface area contributed by atoms with Crippen LogP contribution in [0.1, 0.15) is 22.8 Å². The van der Waals surface area contributed by atoms with Crippen LogP contribution in [0.2, 0.25) is 0 Å². The Bertz CT molecular complexity index is 1230. The standard InChI is InChI=1S/C29H30N2O5/c1-20-3-12-26(21(2)17-20)22-4-8-24(9-5-22)31-18-27(36-29(31)33)23-6-10-25(11-7-23)35-19-28(32)30-13-15-34-16-14-30/h3-12,17,27H,13-16,18-19H2,1-2H3. The van der Waals surface area contributed by atoms with Crippen LogP contribution in [0, 0.1) is 13.8 Å². The summed E-state index contributed by atoms with van der Waals surface area (Å²) in [6.07, 6.45) is -0.740. The third-order valence-corrected chi connectivity index (χ3v) is 6.66. The monoisotopic (exact) mass is 486 g/mol. The minimum Gasteiger partial charge on any atom is -0.484 e. The van der Waals surface area contributed by atoms with Gasteiger partial charge < -0.3 is 19.1 Å². The Balaban J connectivity index is 1.19. The molecule has 36 heavy (non-hydrogen) atoms. The molecule has 0 spiro atoms. The Labute approximate surface area is 211 Å². The molecule has 186 valence electrons. The maximum absolute atomic E-state index is 12.6. The Morgan fingerprint density at radius 1 is 0.972 bits per heavy atom. The zero-order chi connectivity index (χ0) is 25.1. The van der Waals surface area contributed by atoms with Crippen molar-refractivity contribution in [3.05, 3.63) is 83.4 Å². The number of rotatable bonds is 6. The van der Waals surface area contributed by atoms with E-state index in [1.807, 2.05) is 36.4 Å². The first kappa shape index (κ1) is 23.9. The first-order valence-corrected chi connectivity index (χ1v) is 12.2. The van der Waals surface area contributed by atoms with Gasteiger partial charge in [-0.2, -0.15) is 0 Å². The highest BCUT2D eigenvalue weighted by atomic mass is 16.6. The maximum Gasteiger partial charge on any atom is 0.415 e. The van der Waals surface area contributed by atoms with Crippen molar-refractivity contribution in [3.8, 4) is 16.9 Å². The summed E-state index contributed by atoms with van der Waals surface area (Å²) in [5, 5.41) is 0. The van der Waals surface area contributed by atoms with E-state index in [0.29, 0.717) is 38.6 Å². The fourth-order valence-electron chi connectivity index (χ4n) is 4.63. The molecule has 2 aliphatic rings. The second-order valence-electron chi connectivity index (χ2n) is 9.20. The number of hydrogen-bond donors (Lipinski definition) is 0. The van der Waals surface area contributed by atoms with E-state index < -0.39 is 0 Å². The van der Waals surface area contributed by atoms with Gasteiger partial charge >= 0.3 is 6.09 Å². The van der Waals surface area contributed by atoms with Gasteiger partial charge in [-0.3, -0.25) is 9.69 Å². The van der Waals surface area contributed by atoms with Gasteiger partial charge in [0.15, 0.2) is 6.61 Å². The van der Waals surface area contributed by atoms with E-state index in [9.17, 15) is 9.59 Å². The molecule has 0 saturated carbocycles. The summed E-state index contributed by atoms with van der Waals surface area (Å²) >= 11 is 0. The largest absolute Gasteiger partial charge is 0.484 e. The molecule has 0 aromatic heterocycles. The molecular weight excluding hydrogens is 456 g/mol. The molecule has 3 aromatic carbocycles. The number of nitrogens with zero attached hydrogens (tertiary/aromatic N) is 2. The van der Waals surface area contributed by atoms with Gasteiger partial charge in [-0.05, 0) is 60.4 Å². The summed E-state index contributed by atoms with van der Waals surface area (Å²) in [7, 11) is 0. The molecule has 7 nitrogen and oxygen atoms in total. The Morgan fingerprint density at radius 2 is 1.69 bits per heavy atom. The van der Waals surface area contributed by atoms with Crippen LogP contribution in [0.5, 0.6) is 5.75 Å². The molecule has 0 bridgehead atoms. The van der Waals surface area contributed by atoms with Crippen LogP contribution in [0.4, 0.5) is 10.5 Å². The number of morpholine rings is 1. The normalized spacial score (nSPS) is 17.7. The van der Waals surface area contributed by atoms with Crippen molar-refractivity contribution in [2.24, 2.45) is 0 Å². The molecule has 5 rings (SSSR count). The molecule has 3 aromatic rings. The number of anilines is 1. The first-order valence-electron chi connectivity index (χ1n) is 12.2. The van der Waals surface area contributed by atoms with Gasteiger partial charge in [0.2, 0.25) is 0 Å². The van der Waals surface area contributed by atoms with E-state index in [2.05, 4.69) is 32.0 Å². The minimum absolute atomic E-state index is 0.0103. The number of benzene rings is 3. The molecule has 2 amide bonds. The van der Waals surface area contributed by atoms with Crippen molar-refractivity contribution in [1.82, 2.24) is 4.90 Å². The van der Waals surface area contributed by atoms with Crippen molar-refractivity contribution in [2.45, 2.75) is 20.0 Å². The van der Waals surface area contributed by atoms with Crippen LogP contribution in [0.25, 0.3) is 11.1 Å². The molecule has 2 aliphatic heterocycles. The van der Waals surface area contributed by atoms with Crippen LogP contribution >= 0.6 is 0 Å². The van der Waals surface area contributed by atoms with Crippen LogP contribution in [0.3, 0.4) is 0 Å². The predicted molar refractivity (Wildman–Crippen MR) is 137 cm³/mol. The van der Waals surface area contributed by atoms with E-state index in [1.165, 1.54) is 16.7 Å². The lowest BCUT2D eigenvalue weighted by atomic mass is 9.98. The highest BCUT2D eigenvalue weighted by molar-refractivity contribution is 5.90. The number of carbonyl (C=O) groups is 2. The van der Waals surface area contributed by atoms with Gasteiger partial charge in [-0.15, -0.1) is 0 Å². The van der Waals surface area contributed by atoms with Gasteiger partial charge in [0.25, 0.3) is 5.91 Å². The lowest BCUT2D eigenvalue weighted by Gasteiger charge is -2.26. The Morgan fingerprint density at radius 3 is 2.39 bits per heavy atom. The first-order chi connectivity index (χ1) is 17.5. The molecule has 7 heteroatoms. The van der Waals surface area contributed by atoms with Crippen LogP contribution in [0.15, 0.2) is 66.7 Å². The number of amides is 2. The second kappa shape index (κ2) is 10.4. The van der Waals surface area contributed by atoms with Crippen molar-refractivity contribution < 1.29 is 23.8 Å².